The highest BCUT2D eigenvalue weighted by atomic mass is 32.1. The molecule has 6 nitrogen and oxygen atoms in total. The first-order valence-electron chi connectivity index (χ1n) is 5.75. The highest BCUT2D eigenvalue weighted by Gasteiger charge is 2.51. The van der Waals surface area contributed by atoms with Crippen LogP contribution in [0, 0.1) is 5.92 Å². The molecule has 0 aromatic carbocycles. The number of rotatable bonds is 5. The molecule has 1 rings (SSSR count). The fourth-order valence-corrected chi connectivity index (χ4v) is 5.69. The summed E-state index contributed by atoms with van der Waals surface area (Å²) in [5, 5.41) is 0. The SMILES string of the molecule is O=P(O)(O)CC(=S)C(C1CCCCC1)[P+](O)(O)O. The van der Waals surface area contributed by atoms with E-state index < -0.39 is 27.4 Å². The number of hydrogen-bond donors (Lipinski definition) is 5. The maximum absolute atomic E-state index is 10.9. The summed E-state index contributed by atoms with van der Waals surface area (Å²) in [5.74, 6) is -0.203. The van der Waals surface area contributed by atoms with E-state index in [4.69, 9.17) is 22.0 Å². The van der Waals surface area contributed by atoms with Crippen LogP contribution in [0.1, 0.15) is 32.1 Å². The molecular weight excluding hydrogens is 298 g/mol. The maximum Gasteiger partial charge on any atom is 0.412 e. The van der Waals surface area contributed by atoms with Crippen molar-refractivity contribution in [2.45, 2.75) is 37.8 Å². The van der Waals surface area contributed by atoms with Gasteiger partial charge in [-0.1, -0.05) is 31.5 Å². The molecule has 0 heterocycles. The minimum Gasteiger partial charge on any atom is -0.324 e. The molecule has 0 radical (unpaired) electrons. The Hall–Kier alpha value is 0.550. The van der Waals surface area contributed by atoms with Gasteiger partial charge in [0.2, 0.25) is 0 Å². The summed E-state index contributed by atoms with van der Waals surface area (Å²) in [6, 6.07) is 0. The first-order chi connectivity index (χ1) is 8.11. The molecule has 0 spiro atoms. The van der Waals surface area contributed by atoms with E-state index in [9.17, 15) is 19.2 Å². The quantitative estimate of drug-likeness (QED) is 0.382. The third-order valence-electron chi connectivity index (χ3n) is 3.16. The van der Waals surface area contributed by atoms with E-state index in [0.717, 1.165) is 19.3 Å². The predicted molar refractivity (Wildman–Crippen MR) is 73.4 cm³/mol. The topological polar surface area (TPSA) is 118 Å². The van der Waals surface area contributed by atoms with E-state index in [1.807, 2.05) is 0 Å². The molecule has 0 bridgehead atoms. The van der Waals surface area contributed by atoms with Crippen molar-refractivity contribution < 1.29 is 29.0 Å². The van der Waals surface area contributed by atoms with Gasteiger partial charge in [0.1, 0.15) is 0 Å². The van der Waals surface area contributed by atoms with Gasteiger partial charge in [0.05, 0.1) is 11.0 Å². The number of hydrogen-bond acceptors (Lipinski definition) is 5. The van der Waals surface area contributed by atoms with Gasteiger partial charge in [0, 0.05) is 5.92 Å². The minimum absolute atomic E-state index is 0.129. The summed E-state index contributed by atoms with van der Waals surface area (Å²) in [5.41, 5.74) is -1.08. The normalized spacial score (nSPS) is 20.7. The Morgan fingerprint density at radius 3 is 2.11 bits per heavy atom. The van der Waals surface area contributed by atoms with Gasteiger partial charge in [-0.25, -0.2) is 0 Å². The van der Waals surface area contributed by atoms with Crippen molar-refractivity contribution in [3.63, 3.8) is 0 Å². The zero-order valence-corrected chi connectivity index (χ0v) is 12.4. The van der Waals surface area contributed by atoms with Crippen molar-refractivity contribution in [3.8, 4) is 0 Å². The van der Waals surface area contributed by atoms with E-state index in [2.05, 4.69) is 0 Å². The van der Waals surface area contributed by atoms with Crippen LogP contribution in [0.3, 0.4) is 0 Å². The Kier molecular flexibility index (Phi) is 5.84. The van der Waals surface area contributed by atoms with Gasteiger partial charge < -0.3 is 9.79 Å². The molecular formula is C9H19O6P2S+. The molecule has 1 saturated carbocycles. The second-order valence-corrected chi connectivity index (χ2v) is 8.70. The third-order valence-corrected chi connectivity index (χ3v) is 6.18. The van der Waals surface area contributed by atoms with E-state index in [0.29, 0.717) is 12.8 Å². The Bertz CT molecular complexity index is 343. The summed E-state index contributed by atoms with van der Waals surface area (Å²) in [6.45, 7) is 0. The lowest BCUT2D eigenvalue weighted by Gasteiger charge is -2.29. The molecule has 5 N–H and O–H groups in total. The van der Waals surface area contributed by atoms with Crippen molar-refractivity contribution in [2.75, 3.05) is 6.16 Å². The second kappa shape index (κ2) is 6.33. The van der Waals surface area contributed by atoms with E-state index in [1.165, 1.54) is 0 Å². The summed E-state index contributed by atoms with van der Waals surface area (Å²) in [4.78, 5) is 46.1. The van der Waals surface area contributed by atoms with Crippen LogP contribution in [0.25, 0.3) is 0 Å². The molecule has 18 heavy (non-hydrogen) atoms. The van der Waals surface area contributed by atoms with Crippen molar-refractivity contribution in [3.05, 3.63) is 0 Å². The van der Waals surface area contributed by atoms with Crippen LogP contribution in [0.4, 0.5) is 0 Å². The molecule has 1 atom stereocenters. The molecule has 0 amide bonds. The Morgan fingerprint density at radius 2 is 1.72 bits per heavy atom. The standard InChI is InChI=1S/C9H18O6P2S/c10-16(11,12)6-8(18)9(17(13,14)15)7-4-2-1-3-5-7/h7,9,13-15H,1-6H2,(H-,10,11,12)/p+1. The average Bonchev–Trinajstić information content (AvgIpc) is 2.13. The minimum atomic E-state index is -4.35. The van der Waals surface area contributed by atoms with Crippen LogP contribution in [-0.4, -0.2) is 41.2 Å². The fourth-order valence-electron chi connectivity index (χ4n) is 2.49. The van der Waals surface area contributed by atoms with Gasteiger partial charge >= 0.3 is 15.5 Å². The fraction of sp³-hybridized carbons (Fsp3) is 0.889. The first kappa shape index (κ1) is 16.6. The zero-order valence-electron chi connectivity index (χ0n) is 9.84. The molecule has 0 aromatic heterocycles. The Morgan fingerprint density at radius 1 is 1.22 bits per heavy atom. The lowest BCUT2D eigenvalue weighted by Crippen LogP contribution is -2.34. The average molecular weight is 317 g/mol. The van der Waals surface area contributed by atoms with E-state index in [1.54, 1.807) is 0 Å². The molecule has 0 saturated heterocycles. The van der Waals surface area contributed by atoms with Crippen molar-refractivity contribution in [1.82, 2.24) is 0 Å². The van der Waals surface area contributed by atoms with Gasteiger partial charge in [-0.2, -0.15) is 14.7 Å². The summed E-state index contributed by atoms with van der Waals surface area (Å²) < 4.78 is 10.9. The summed E-state index contributed by atoms with van der Waals surface area (Å²) >= 11 is 4.91. The van der Waals surface area contributed by atoms with Crippen LogP contribution in [0.2, 0.25) is 0 Å². The smallest absolute Gasteiger partial charge is 0.324 e. The van der Waals surface area contributed by atoms with E-state index in [-0.39, 0.29) is 10.8 Å². The highest BCUT2D eigenvalue weighted by Crippen LogP contribution is 2.57. The molecule has 1 fully saturated rings. The van der Waals surface area contributed by atoms with Crippen molar-refractivity contribution in [1.29, 1.82) is 0 Å². The highest BCUT2D eigenvalue weighted by molar-refractivity contribution is 7.83. The lowest BCUT2D eigenvalue weighted by atomic mass is 9.86. The zero-order chi connectivity index (χ0) is 14.0. The van der Waals surface area contributed by atoms with Gasteiger partial charge in [-0.15, -0.1) is 0 Å². The monoisotopic (exact) mass is 317 g/mol. The largest absolute Gasteiger partial charge is 0.412 e. The molecule has 0 aromatic rings. The van der Waals surface area contributed by atoms with Crippen LogP contribution >= 0.6 is 27.8 Å². The maximum atomic E-state index is 10.9. The van der Waals surface area contributed by atoms with Crippen LogP contribution in [0.5, 0.6) is 0 Å². The van der Waals surface area contributed by atoms with Crippen LogP contribution in [-0.2, 0) is 4.57 Å². The van der Waals surface area contributed by atoms with E-state index >= 15 is 0 Å². The summed E-state index contributed by atoms with van der Waals surface area (Å²) in [7, 11) is -8.57. The van der Waals surface area contributed by atoms with Gasteiger partial charge in [0.25, 0.3) is 0 Å². The van der Waals surface area contributed by atoms with Gasteiger partial charge in [-0.05, 0) is 12.8 Å². The predicted octanol–water partition coefficient (Wildman–Crippen LogP) is 1.22. The van der Waals surface area contributed by atoms with Gasteiger partial charge in [-0.3, -0.25) is 4.57 Å². The Labute approximate surface area is 112 Å². The van der Waals surface area contributed by atoms with Crippen molar-refractivity contribution in [2.24, 2.45) is 5.92 Å². The first-order valence-corrected chi connectivity index (χ1v) is 9.68. The molecule has 9 heteroatoms. The van der Waals surface area contributed by atoms with Crippen molar-refractivity contribution >= 4 is 32.6 Å². The Balaban J connectivity index is 2.84. The molecule has 1 unspecified atom stereocenters. The molecule has 0 aliphatic heterocycles. The van der Waals surface area contributed by atoms with Crippen LogP contribution < -0.4 is 0 Å². The molecule has 1 aliphatic rings. The molecule has 106 valence electrons. The third kappa shape index (κ3) is 5.27. The second-order valence-electron chi connectivity index (χ2n) is 4.75. The summed E-state index contributed by atoms with van der Waals surface area (Å²) in [6.07, 6.45) is 3.54. The van der Waals surface area contributed by atoms with Crippen LogP contribution in [0.15, 0.2) is 0 Å². The van der Waals surface area contributed by atoms with Gasteiger partial charge in [0.15, 0.2) is 5.66 Å². The molecule has 1 aliphatic carbocycles. The lowest BCUT2D eigenvalue weighted by molar-refractivity contribution is 0.286. The number of thiocarbonyl (C=S) groups is 1.